The summed E-state index contributed by atoms with van der Waals surface area (Å²) in [6.07, 6.45) is 5.15. The van der Waals surface area contributed by atoms with Gasteiger partial charge < -0.3 is 4.98 Å². The van der Waals surface area contributed by atoms with Crippen LogP contribution in [0, 0.1) is 0 Å². The second kappa shape index (κ2) is 4.90. The molecule has 1 saturated carbocycles. The lowest BCUT2D eigenvalue weighted by molar-refractivity contribution is 0.875. The van der Waals surface area contributed by atoms with Crippen LogP contribution in [0.3, 0.4) is 0 Å². The Kier molecular flexibility index (Phi) is 3.26. The topological polar surface area (TPSA) is 54.5 Å². The molecule has 1 fully saturated rings. The fourth-order valence-corrected chi connectivity index (χ4v) is 2.71. The first kappa shape index (κ1) is 12.0. The summed E-state index contributed by atoms with van der Waals surface area (Å²) in [6.45, 7) is 2.09. The summed E-state index contributed by atoms with van der Waals surface area (Å²) in [7, 11) is 0. The van der Waals surface area contributed by atoms with Gasteiger partial charge in [-0.15, -0.1) is 0 Å². The molecule has 2 aromatic rings. The molecule has 0 aromatic carbocycles. The van der Waals surface area contributed by atoms with Crippen LogP contribution in [0.5, 0.6) is 0 Å². The largest absolute Gasteiger partial charge is 0.337 e. The molecular formula is C12H13ClN4S. The average molecular weight is 281 g/mol. The van der Waals surface area contributed by atoms with Crippen molar-refractivity contribution in [2.75, 3.05) is 0 Å². The molecule has 0 aliphatic heterocycles. The van der Waals surface area contributed by atoms with Crippen LogP contribution < -0.4 is 0 Å². The molecule has 3 rings (SSSR count). The number of H-pyrrole nitrogens is 1. The van der Waals surface area contributed by atoms with Crippen molar-refractivity contribution in [3.05, 3.63) is 28.9 Å². The quantitative estimate of drug-likeness (QED) is 0.872. The zero-order valence-electron chi connectivity index (χ0n) is 9.98. The van der Waals surface area contributed by atoms with Crippen molar-refractivity contribution < 1.29 is 0 Å². The van der Waals surface area contributed by atoms with E-state index < -0.39 is 0 Å². The molecule has 0 saturated heterocycles. The maximum atomic E-state index is 6.03. The Balaban J connectivity index is 1.82. The Bertz CT molecular complexity index is 565. The minimum atomic E-state index is 0.505. The molecule has 6 heteroatoms. The lowest BCUT2D eigenvalue weighted by atomic mass is 10.4. The van der Waals surface area contributed by atoms with Gasteiger partial charge in [-0.3, -0.25) is 0 Å². The van der Waals surface area contributed by atoms with Crippen LogP contribution in [0.2, 0.25) is 5.15 Å². The van der Waals surface area contributed by atoms with Crippen LogP contribution in [0.25, 0.3) is 0 Å². The smallest absolute Gasteiger partial charge is 0.171 e. The van der Waals surface area contributed by atoms with Crippen LogP contribution in [0.1, 0.15) is 37.2 Å². The highest BCUT2D eigenvalue weighted by atomic mass is 35.5. The highest BCUT2D eigenvalue weighted by Gasteiger charge is 2.27. The van der Waals surface area contributed by atoms with Gasteiger partial charge in [0.05, 0.1) is 0 Å². The van der Waals surface area contributed by atoms with Crippen molar-refractivity contribution in [2.45, 2.75) is 42.3 Å². The van der Waals surface area contributed by atoms with E-state index in [2.05, 4.69) is 26.9 Å². The Labute approximate surface area is 115 Å². The van der Waals surface area contributed by atoms with Crippen molar-refractivity contribution >= 4 is 23.4 Å². The maximum absolute atomic E-state index is 6.03. The van der Waals surface area contributed by atoms with Gasteiger partial charge >= 0.3 is 0 Å². The van der Waals surface area contributed by atoms with E-state index in [4.69, 9.17) is 11.6 Å². The van der Waals surface area contributed by atoms with Gasteiger partial charge in [-0.25, -0.2) is 15.0 Å². The predicted octanol–water partition coefficient (Wildman–Crippen LogP) is 3.44. The molecule has 2 aromatic heterocycles. The number of nitrogens with one attached hydrogen (secondary N) is 1. The number of halogens is 1. The van der Waals surface area contributed by atoms with E-state index >= 15 is 0 Å². The van der Waals surface area contributed by atoms with Gasteiger partial charge in [0.25, 0.3) is 0 Å². The third-order valence-electron chi connectivity index (χ3n) is 2.82. The second-order valence-electron chi connectivity index (χ2n) is 4.33. The monoisotopic (exact) mass is 280 g/mol. The lowest BCUT2D eigenvalue weighted by Gasteiger charge is -2.02. The molecule has 1 N–H and O–H groups in total. The minimum absolute atomic E-state index is 0.505. The molecule has 0 radical (unpaired) electrons. The number of nitrogens with zero attached hydrogens (tertiary/aromatic N) is 3. The van der Waals surface area contributed by atoms with Crippen LogP contribution >= 0.6 is 23.4 Å². The molecule has 0 unspecified atom stereocenters. The first-order valence-corrected chi connectivity index (χ1v) is 7.20. The van der Waals surface area contributed by atoms with E-state index in [9.17, 15) is 0 Å². The molecule has 1 aliphatic rings. The van der Waals surface area contributed by atoms with Crippen molar-refractivity contribution in [3.63, 3.8) is 0 Å². The standard InChI is InChI=1S/C12H13ClN4S/c1-2-8-6-14-12(15-8)18-10-5-9(13)16-11(17-10)7-3-4-7/h5-7H,2-4H2,1H3,(H,14,15). The van der Waals surface area contributed by atoms with Crippen molar-refractivity contribution in [1.82, 2.24) is 19.9 Å². The highest BCUT2D eigenvalue weighted by Crippen LogP contribution is 2.39. The van der Waals surface area contributed by atoms with Gasteiger partial charge in [0, 0.05) is 23.9 Å². The number of imidazole rings is 1. The third kappa shape index (κ3) is 2.67. The number of hydrogen-bond donors (Lipinski definition) is 1. The highest BCUT2D eigenvalue weighted by molar-refractivity contribution is 7.99. The predicted molar refractivity (Wildman–Crippen MR) is 71.1 cm³/mol. The van der Waals surface area contributed by atoms with Gasteiger partial charge in [0.1, 0.15) is 16.0 Å². The summed E-state index contributed by atoms with van der Waals surface area (Å²) in [5, 5.41) is 2.22. The minimum Gasteiger partial charge on any atom is -0.337 e. The van der Waals surface area contributed by atoms with Crippen molar-refractivity contribution in [3.8, 4) is 0 Å². The van der Waals surface area contributed by atoms with Crippen LogP contribution in [0.15, 0.2) is 22.4 Å². The maximum Gasteiger partial charge on any atom is 0.171 e. The van der Waals surface area contributed by atoms with Crippen LogP contribution in [-0.4, -0.2) is 19.9 Å². The fourth-order valence-electron chi connectivity index (χ4n) is 1.66. The van der Waals surface area contributed by atoms with E-state index in [1.54, 1.807) is 6.07 Å². The van der Waals surface area contributed by atoms with Crippen molar-refractivity contribution in [1.29, 1.82) is 0 Å². The summed E-state index contributed by atoms with van der Waals surface area (Å²) < 4.78 is 0. The molecule has 18 heavy (non-hydrogen) atoms. The van der Waals surface area contributed by atoms with Gasteiger partial charge in [-0.2, -0.15) is 0 Å². The van der Waals surface area contributed by atoms with E-state index in [1.807, 2.05) is 6.20 Å². The zero-order valence-corrected chi connectivity index (χ0v) is 11.6. The molecule has 0 amide bonds. The summed E-state index contributed by atoms with van der Waals surface area (Å²) in [6, 6.07) is 1.78. The van der Waals surface area contributed by atoms with E-state index in [-0.39, 0.29) is 0 Å². The van der Waals surface area contributed by atoms with E-state index in [0.29, 0.717) is 11.1 Å². The number of aromatic amines is 1. The molecule has 1 aliphatic carbocycles. The SMILES string of the molecule is CCc1cnc(Sc2cc(Cl)nc(C3CC3)n2)[nH]1. The number of hydrogen-bond acceptors (Lipinski definition) is 4. The first-order valence-electron chi connectivity index (χ1n) is 6.01. The Morgan fingerprint density at radius 2 is 2.28 bits per heavy atom. The van der Waals surface area contributed by atoms with Crippen molar-refractivity contribution in [2.24, 2.45) is 0 Å². The van der Waals surface area contributed by atoms with Gasteiger partial charge in [-0.1, -0.05) is 18.5 Å². The Morgan fingerprint density at radius 1 is 1.44 bits per heavy atom. The van der Waals surface area contributed by atoms with Crippen LogP contribution in [-0.2, 0) is 6.42 Å². The first-order chi connectivity index (χ1) is 8.74. The summed E-state index contributed by atoms with van der Waals surface area (Å²) in [5.41, 5.74) is 1.13. The summed E-state index contributed by atoms with van der Waals surface area (Å²) in [5.74, 6) is 1.37. The van der Waals surface area contributed by atoms with E-state index in [0.717, 1.165) is 28.1 Å². The van der Waals surface area contributed by atoms with Gasteiger partial charge in [0.15, 0.2) is 5.16 Å². The molecule has 4 nitrogen and oxygen atoms in total. The second-order valence-corrected chi connectivity index (χ2v) is 5.73. The number of aromatic nitrogens is 4. The fraction of sp³-hybridized carbons (Fsp3) is 0.417. The number of rotatable bonds is 4. The summed E-state index contributed by atoms with van der Waals surface area (Å²) >= 11 is 7.52. The van der Waals surface area contributed by atoms with Gasteiger partial charge in [-0.05, 0) is 31.0 Å². The molecule has 0 atom stereocenters. The van der Waals surface area contributed by atoms with Crippen LogP contribution in [0.4, 0.5) is 0 Å². The molecular weight excluding hydrogens is 268 g/mol. The molecule has 0 spiro atoms. The Morgan fingerprint density at radius 3 is 2.94 bits per heavy atom. The Hall–Kier alpha value is -1.07. The number of aryl methyl sites for hydroxylation is 1. The molecule has 94 valence electrons. The van der Waals surface area contributed by atoms with Gasteiger partial charge in [0.2, 0.25) is 0 Å². The normalized spacial score (nSPS) is 15.0. The average Bonchev–Trinajstić information content (AvgIpc) is 3.10. The summed E-state index contributed by atoms with van der Waals surface area (Å²) in [4.78, 5) is 16.4. The zero-order chi connectivity index (χ0) is 12.5. The lowest BCUT2D eigenvalue weighted by Crippen LogP contribution is -1.94. The van der Waals surface area contributed by atoms with E-state index in [1.165, 1.54) is 24.6 Å². The molecule has 0 bridgehead atoms. The molecule has 2 heterocycles. The third-order valence-corrected chi connectivity index (χ3v) is 3.83.